The second kappa shape index (κ2) is 6.06. The van der Waals surface area contributed by atoms with Crippen LogP contribution in [-0.2, 0) is 6.54 Å². The molecule has 1 fully saturated rings. The van der Waals surface area contributed by atoms with Crippen LogP contribution in [0.25, 0.3) is 0 Å². The van der Waals surface area contributed by atoms with E-state index in [2.05, 4.69) is 62.3 Å². The molecule has 19 heavy (non-hydrogen) atoms. The van der Waals surface area contributed by atoms with Crippen LogP contribution in [0.15, 0.2) is 24.3 Å². The van der Waals surface area contributed by atoms with Gasteiger partial charge in [0.1, 0.15) is 0 Å². The fourth-order valence-corrected chi connectivity index (χ4v) is 3.01. The van der Waals surface area contributed by atoms with Crippen LogP contribution >= 0.6 is 0 Å². The monoisotopic (exact) mass is 260 g/mol. The summed E-state index contributed by atoms with van der Waals surface area (Å²) < 4.78 is 0. The molecule has 0 saturated carbocycles. The van der Waals surface area contributed by atoms with Gasteiger partial charge in [-0.25, -0.2) is 0 Å². The molecule has 1 saturated heterocycles. The Balaban J connectivity index is 2.04. The Labute approximate surface area is 118 Å². The summed E-state index contributed by atoms with van der Waals surface area (Å²) in [6.45, 7) is 10.3. The first-order chi connectivity index (χ1) is 9.01. The van der Waals surface area contributed by atoms with Crippen molar-refractivity contribution in [2.45, 2.75) is 45.7 Å². The maximum atomic E-state index is 3.33. The third-order valence-corrected chi connectivity index (χ3v) is 4.49. The van der Waals surface area contributed by atoms with E-state index in [1.807, 2.05) is 0 Å². The molecule has 1 atom stereocenters. The van der Waals surface area contributed by atoms with Crippen LogP contribution in [-0.4, -0.2) is 30.6 Å². The van der Waals surface area contributed by atoms with E-state index in [0.717, 1.165) is 19.0 Å². The second-order valence-corrected chi connectivity index (χ2v) is 6.64. The van der Waals surface area contributed by atoms with Crippen molar-refractivity contribution in [3.8, 4) is 0 Å². The Morgan fingerprint density at radius 3 is 2.58 bits per heavy atom. The molecule has 1 aromatic carbocycles. The van der Waals surface area contributed by atoms with Crippen molar-refractivity contribution in [2.75, 3.05) is 20.1 Å². The Morgan fingerprint density at radius 1 is 1.26 bits per heavy atom. The predicted octanol–water partition coefficient (Wildman–Crippen LogP) is 3.21. The topological polar surface area (TPSA) is 15.3 Å². The van der Waals surface area contributed by atoms with E-state index in [1.165, 1.54) is 30.5 Å². The number of hydrogen-bond acceptors (Lipinski definition) is 2. The molecule has 106 valence electrons. The number of rotatable bonds is 4. The molecule has 2 heteroatoms. The van der Waals surface area contributed by atoms with Crippen LogP contribution in [0.5, 0.6) is 0 Å². The van der Waals surface area contributed by atoms with E-state index in [4.69, 9.17) is 0 Å². The molecule has 1 unspecified atom stereocenters. The molecule has 0 bridgehead atoms. The largest absolute Gasteiger partial charge is 0.319 e. The highest BCUT2D eigenvalue weighted by molar-refractivity contribution is 5.21. The molecule has 1 heterocycles. The molecule has 0 spiro atoms. The quantitative estimate of drug-likeness (QED) is 0.894. The zero-order chi connectivity index (χ0) is 13.9. The third-order valence-electron chi connectivity index (χ3n) is 4.49. The Morgan fingerprint density at radius 2 is 1.95 bits per heavy atom. The highest BCUT2D eigenvalue weighted by Crippen LogP contribution is 2.31. The molecule has 0 radical (unpaired) electrons. The van der Waals surface area contributed by atoms with Crippen molar-refractivity contribution in [1.29, 1.82) is 0 Å². The first kappa shape index (κ1) is 14.5. The number of nitrogens with zero attached hydrogens (tertiary/aromatic N) is 1. The van der Waals surface area contributed by atoms with E-state index in [9.17, 15) is 0 Å². The minimum atomic E-state index is 0.328. The summed E-state index contributed by atoms with van der Waals surface area (Å²) in [5.41, 5.74) is 3.10. The average Bonchev–Trinajstić information content (AvgIpc) is 2.37. The van der Waals surface area contributed by atoms with Crippen LogP contribution < -0.4 is 5.32 Å². The Hall–Kier alpha value is -0.860. The molecular formula is C17H28N2. The van der Waals surface area contributed by atoms with Gasteiger partial charge < -0.3 is 5.32 Å². The molecule has 2 nitrogen and oxygen atoms in total. The lowest BCUT2D eigenvalue weighted by Gasteiger charge is -2.45. The van der Waals surface area contributed by atoms with Crippen LogP contribution in [0.3, 0.4) is 0 Å². The lowest BCUT2D eigenvalue weighted by molar-refractivity contribution is 0.0385. The molecule has 0 amide bonds. The highest BCUT2D eigenvalue weighted by atomic mass is 15.2. The van der Waals surface area contributed by atoms with Gasteiger partial charge in [-0.2, -0.15) is 0 Å². The first-order valence-corrected chi connectivity index (χ1v) is 7.46. The summed E-state index contributed by atoms with van der Waals surface area (Å²) >= 11 is 0. The normalized spacial score (nSPS) is 23.5. The van der Waals surface area contributed by atoms with Gasteiger partial charge in [0.2, 0.25) is 0 Å². The van der Waals surface area contributed by atoms with Crippen molar-refractivity contribution < 1.29 is 0 Å². The summed E-state index contributed by atoms with van der Waals surface area (Å²) in [5, 5.41) is 3.33. The minimum Gasteiger partial charge on any atom is -0.319 e. The van der Waals surface area contributed by atoms with Crippen LogP contribution in [0.4, 0.5) is 0 Å². The molecule has 1 aliphatic rings. The summed E-state index contributed by atoms with van der Waals surface area (Å²) in [7, 11) is 2.06. The van der Waals surface area contributed by atoms with Gasteiger partial charge in [0.25, 0.3) is 0 Å². The fourth-order valence-electron chi connectivity index (χ4n) is 3.01. The van der Waals surface area contributed by atoms with E-state index >= 15 is 0 Å². The van der Waals surface area contributed by atoms with Crippen molar-refractivity contribution in [2.24, 2.45) is 5.92 Å². The molecule has 1 aromatic rings. The van der Waals surface area contributed by atoms with Crippen LogP contribution in [0.1, 0.15) is 37.8 Å². The van der Waals surface area contributed by atoms with Gasteiger partial charge in [0.05, 0.1) is 0 Å². The second-order valence-electron chi connectivity index (χ2n) is 6.64. The zero-order valence-corrected chi connectivity index (χ0v) is 12.9. The first-order valence-electron chi connectivity index (χ1n) is 7.46. The summed E-state index contributed by atoms with van der Waals surface area (Å²) in [6, 6.07) is 8.98. The number of hydrogen-bond donors (Lipinski definition) is 1. The van der Waals surface area contributed by atoms with E-state index < -0.39 is 0 Å². The van der Waals surface area contributed by atoms with Gasteiger partial charge in [0, 0.05) is 18.6 Å². The number of aryl methyl sites for hydroxylation is 1. The molecule has 1 N–H and O–H groups in total. The predicted molar refractivity (Wildman–Crippen MR) is 82.3 cm³/mol. The lowest BCUT2D eigenvalue weighted by Crippen LogP contribution is -2.51. The van der Waals surface area contributed by atoms with E-state index in [0.29, 0.717) is 5.54 Å². The van der Waals surface area contributed by atoms with E-state index in [-0.39, 0.29) is 0 Å². The molecular weight excluding hydrogens is 232 g/mol. The summed E-state index contributed by atoms with van der Waals surface area (Å²) in [4.78, 5) is 2.66. The Kier molecular flexibility index (Phi) is 4.64. The van der Waals surface area contributed by atoms with Crippen molar-refractivity contribution >= 4 is 0 Å². The van der Waals surface area contributed by atoms with Crippen molar-refractivity contribution in [1.82, 2.24) is 10.2 Å². The Bertz CT molecular complexity index is 394. The maximum Gasteiger partial charge on any atom is 0.0239 e. The van der Waals surface area contributed by atoms with Gasteiger partial charge in [0.15, 0.2) is 0 Å². The summed E-state index contributed by atoms with van der Waals surface area (Å²) in [5.74, 6) is 0.795. The van der Waals surface area contributed by atoms with Crippen LogP contribution in [0, 0.1) is 12.8 Å². The zero-order valence-electron chi connectivity index (χ0n) is 12.9. The minimum absolute atomic E-state index is 0.328. The molecule has 0 aromatic heterocycles. The van der Waals surface area contributed by atoms with Gasteiger partial charge in [-0.3, -0.25) is 4.90 Å². The molecule has 0 aliphatic carbocycles. The number of likely N-dealkylation sites (tertiary alicyclic amines) is 1. The number of piperidine rings is 1. The molecule has 1 aliphatic heterocycles. The van der Waals surface area contributed by atoms with Crippen molar-refractivity contribution in [3.63, 3.8) is 0 Å². The maximum absolute atomic E-state index is 3.33. The van der Waals surface area contributed by atoms with Crippen molar-refractivity contribution in [3.05, 3.63) is 35.4 Å². The summed E-state index contributed by atoms with van der Waals surface area (Å²) in [6.07, 6.45) is 2.64. The third kappa shape index (κ3) is 3.80. The fraction of sp³-hybridized carbons (Fsp3) is 0.647. The van der Waals surface area contributed by atoms with E-state index in [1.54, 1.807) is 0 Å². The lowest BCUT2D eigenvalue weighted by atomic mass is 9.84. The number of nitrogens with one attached hydrogen (secondary N) is 1. The van der Waals surface area contributed by atoms with Crippen LogP contribution in [0.2, 0.25) is 0 Å². The smallest absolute Gasteiger partial charge is 0.0239 e. The van der Waals surface area contributed by atoms with Gasteiger partial charge >= 0.3 is 0 Å². The average molecular weight is 260 g/mol. The van der Waals surface area contributed by atoms with Gasteiger partial charge in [-0.1, -0.05) is 29.8 Å². The van der Waals surface area contributed by atoms with Gasteiger partial charge in [-0.05, 0) is 58.7 Å². The number of benzene rings is 1. The standard InChI is InChI=1S/C17H28N2/c1-14-5-7-15(8-6-14)12-19-13-16(11-18-4)9-10-17(19,2)3/h5-8,16,18H,9-13H2,1-4H3. The SMILES string of the molecule is CNCC1CCC(C)(C)N(Cc2ccc(C)cc2)C1. The van der Waals surface area contributed by atoms with Gasteiger partial charge in [-0.15, -0.1) is 0 Å². The molecule has 2 rings (SSSR count). The highest BCUT2D eigenvalue weighted by Gasteiger charge is 2.33.